The number of rotatable bonds is 9. The highest BCUT2D eigenvalue weighted by Crippen LogP contribution is 2.60. The van der Waals surface area contributed by atoms with Gasteiger partial charge in [-0.05, 0) is 37.2 Å². The van der Waals surface area contributed by atoms with Gasteiger partial charge in [0.25, 0.3) is 0 Å². The van der Waals surface area contributed by atoms with Crippen LogP contribution in [0.4, 0.5) is 0 Å². The number of hydrogen-bond acceptors (Lipinski definition) is 5. The van der Waals surface area contributed by atoms with E-state index >= 15 is 0 Å². The first-order valence-electron chi connectivity index (χ1n) is 5.68. The van der Waals surface area contributed by atoms with Crippen LogP contribution in [0.3, 0.4) is 0 Å². The molecule has 0 unspecified atom stereocenters. The van der Waals surface area contributed by atoms with E-state index in [4.69, 9.17) is 9.05 Å². The van der Waals surface area contributed by atoms with Crippen molar-refractivity contribution >= 4 is 24.0 Å². The minimum atomic E-state index is -3.16. The van der Waals surface area contributed by atoms with E-state index in [0.29, 0.717) is 19.1 Å². The molecule has 6 heteroatoms. The molecule has 0 saturated carbocycles. The van der Waals surface area contributed by atoms with E-state index < -0.39 is 6.80 Å². The van der Waals surface area contributed by atoms with Gasteiger partial charge in [0.15, 0.2) is 5.78 Å². The predicted octanol–water partition coefficient (Wildman–Crippen LogP) is 3.68. The topological polar surface area (TPSA) is 52.6 Å². The molecule has 17 heavy (non-hydrogen) atoms. The lowest BCUT2D eigenvalue weighted by atomic mass is 10.2. The lowest BCUT2D eigenvalue weighted by Gasteiger charge is -2.14. The maximum absolute atomic E-state index is 12.0. The summed E-state index contributed by atoms with van der Waals surface area (Å²) in [4.78, 5) is 11.5. The fourth-order valence-electron chi connectivity index (χ4n) is 0.919. The molecular weight excluding hydrogens is 259 g/mol. The van der Waals surface area contributed by atoms with Crippen molar-refractivity contribution < 1.29 is 18.4 Å². The number of ketones is 1. The average Bonchev–Trinajstić information content (AvgIpc) is 2.24. The molecule has 100 valence electrons. The maximum Gasteiger partial charge on any atom is 0.389 e. The van der Waals surface area contributed by atoms with Gasteiger partial charge in [-0.15, -0.1) is 0 Å². The highest BCUT2D eigenvalue weighted by atomic mass is 32.7. The van der Waals surface area contributed by atoms with Gasteiger partial charge < -0.3 is 9.05 Å². The van der Waals surface area contributed by atoms with Crippen molar-refractivity contribution in [1.82, 2.24) is 0 Å². The first-order chi connectivity index (χ1) is 7.93. The smallest absolute Gasteiger partial charge is 0.301 e. The van der Waals surface area contributed by atoms with E-state index in [9.17, 15) is 9.36 Å². The molecule has 0 rings (SSSR count). The Morgan fingerprint density at radius 3 is 2.24 bits per heavy atom. The summed E-state index contributed by atoms with van der Waals surface area (Å²) in [6.07, 6.45) is 3.33. The van der Waals surface area contributed by atoms with Gasteiger partial charge in [-0.3, -0.25) is 4.79 Å². The van der Waals surface area contributed by atoms with E-state index in [2.05, 4.69) is 0 Å². The molecule has 0 aromatic carbocycles. The first-order valence-corrected chi connectivity index (χ1v) is 8.81. The Hall–Kier alpha value is -0.0900. The summed E-state index contributed by atoms with van der Waals surface area (Å²) in [7, 11) is 0. The van der Waals surface area contributed by atoms with Crippen LogP contribution >= 0.6 is 18.2 Å². The van der Waals surface area contributed by atoms with Gasteiger partial charge in [-0.1, -0.05) is 19.9 Å². The minimum Gasteiger partial charge on any atom is -0.301 e. The normalized spacial score (nSPS) is 12.5. The molecule has 0 spiro atoms. The van der Waals surface area contributed by atoms with Crippen molar-refractivity contribution in [1.29, 1.82) is 0 Å². The summed E-state index contributed by atoms with van der Waals surface area (Å²) < 4.78 is 22.1. The second-order valence-electron chi connectivity index (χ2n) is 3.63. The summed E-state index contributed by atoms with van der Waals surface area (Å²) in [6, 6.07) is 0. The van der Waals surface area contributed by atoms with Gasteiger partial charge in [0.2, 0.25) is 0 Å². The van der Waals surface area contributed by atoms with Crippen molar-refractivity contribution in [3.05, 3.63) is 12.2 Å². The second kappa shape index (κ2) is 8.92. The van der Waals surface area contributed by atoms with E-state index in [1.807, 2.05) is 19.9 Å². The molecule has 0 amide bonds. The largest absolute Gasteiger partial charge is 0.389 e. The second-order valence-corrected chi connectivity index (χ2v) is 7.70. The van der Waals surface area contributed by atoms with Crippen molar-refractivity contribution in [3.8, 4) is 0 Å². The van der Waals surface area contributed by atoms with Crippen LogP contribution in [0.25, 0.3) is 0 Å². The molecule has 0 aromatic rings. The third-order valence-electron chi connectivity index (χ3n) is 1.61. The highest BCUT2D eigenvalue weighted by molar-refractivity contribution is 8.55. The third kappa shape index (κ3) is 8.61. The van der Waals surface area contributed by atoms with Crippen LogP contribution < -0.4 is 0 Å². The summed E-state index contributed by atoms with van der Waals surface area (Å²) in [5.41, 5.74) is 0. The van der Waals surface area contributed by atoms with Crippen LogP contribution in [0.15, 0.2) is 12.2 Å². The van der Waals surface area contributed by atoms with Crippen LogP contribution in [0.1, 0.15) is 27.7 Å². The van der Waals surface area contributed by atoms with E-state index in [1.165, 1.54) is 6.08 Å². The number of allylic oxidation sites excluding steroid dienone is 2. The van der Waals surface area contributed by atoms with Crippen LogP contribution in [0, 0.1) is 5.92 Å². The summed E-state index contributed by atoms with van der Waals surface area (Å²) in [5.74, 6) is 0.360. The zero-order valence-electron chi connectivity index (χ0n) is 10.8. The average molecular weight is 280 g/mol. The van der Waals surface area contributed by atoms with Crippen LogP contribution in [-0.4, -0.2) is 24.7 Å². The molecule has 0 bridgehead atoms. The molecule has 0 N–H and O–H groups in total. The molecule has 0 atom stereocenters. The summed E-state index contributed by atoms with van der Waals surface area (Å²) in [6.45, 7) is 4.92. The highest BCUT2D eigenvalue weighted by Gasteiger charge is 2.25. The predicted molar refractivity (Wildman–Crippen MR) is 72.3 cm³/mol. The number of hydrogen-bond donors (Lipinski definition) is 0. The van der Waals surface area contributed by atoms with Crippen LogP contribution in [-0.2, 0) is 18.4 Å². The molecule has 0 radical (unpaired) electrons. The molecule has 4 nitrogen and oxygen atoms in total. The minimum absolute atomic E-state index is 0.0802. The van der Waals surface area contributed by atoms with Crippen LogP contribution in [0.5, 0.6) is 0 Å². The van der Waals surface area contributed by atoms with Gasteiger partial charge in [0.05, 0.1) is 19.0 Å². The Bertz CT molecular complexity index is 292. The Balaban J connectivity index is 4.22. The Kier molecular flexibility index (Phi) is 8.88. The van der Waals surface area contributed by atoms with Gasteiger partial charge in [-0.2, -0.15) is 0 Å². The lowest BCUT2D eigenvalue weighted by molar-refractivity contribution is -0.112. The molecule has 0 aliphatic rings. The Labute approximate surface area is 107 Å². The van der Waals surface area contributed by atoms with Gasteiger partial charge in [0, 0.05) is 0 Å². The zero-order chi connectivity index (χ0) is 13.3. The maximum atomic E-state index is 12.0. The molecule has 0 aliphatic heterocycles. The molecular formula is C11H21O4PS. The van der Waals surface area contributed by atoms with Gasteiger partial charge in [0.1, 0.15) is 0 Å². The third-order valence-corrected chi connectivity index (χ3v) is 5.45. The number of carbonyl (C=O) groups is 1. The Morgan fingerprint density at radius 2 is 1.82 bits per heavy atom. The SMILES string of the molecule is CCOP(=O)(OCC)SCC(=O)/C=C/C(C)C. The first kappa shape index (κ1) is 16.9. The summed E-state index contributed by atoms with van der Waals surface area (Å²) >= 11 is 0.943. The zero-order valence-corrected chi connectivity index (χ0v) is 12.6. The van der Waals surface area contributed by atoms with E-state index in [-0.39, 0.29) is 11.5 Å². The van der Waals surface area contributed by atoms with Crippen molar-refractivity contribution in [2.45, 2.75) is 27.7 Å². The number of carbonyl (C=O) groups excluding carboxylic acids is 1. The fourth-order valence-corrected chi connectivity index (χ4v) is 4.09. The van der Waals surface area contributed by atoms with E-state index in [1.54, 1.807) is 13.8 Å². The van der Waals surface area contributed by atoms with Crippen molar-refractivity contribution in [2.24, 2.45) is 5.92 Å². The molecule has 0 aliphatic carbocycles. The van der Waals surface area contributed by atoms with Gasteiger partial charge >= 0.3 is 6.80 Å². The molecule has 0 fully saturated rings. The summed E-state index contributed by atoms with van der Waals surface area (Å²) in [5, 5.41) is 0. The molecule has 0 heterocycles. The van der Waals surface area contributed by atoms with E-state index in [0.717, 1.165) is 11.4 Å². The Morgan fingerprint density at radius 1 is 1.29 bits per heavy atom. The fraction of sp³-hybridized carbons (Fsp3) is 0.727. The molecule has 0 aromatic heterocycles. The molecule has 0 saturated heterocycles. The van der Waals surface area contributed by atoms with Gasteiger partial charge in [-0.25, -0.2) is 4.57 Å². The van der Waals surface area contributed by atoms with Crippen molar-refractivity contribution in [3.63, 3.8) is 0 Å². The standard InChI is InChI=1S/C11H21O4PS/c1-5-14-16(13,15-6-2)17-9-11(12)8-7-10(3)4/h7-8,10H,5-6,9H2,1-4H3/b8-7+. The quantitative estimate of drug-likeness (QED) is 0.476. The monoisotopic (exact) mass is 280 g/mol. The van der Waals surface area contributed by atoms with Crippen LogP contribution in [0.2, 0.25) is 0 Å². The lowest BCUT2D eigenvalue weighted by Crippen LogP contribution is -2.00. The van der Waals surface area contributed by atoms with Crippen molar-refractivity contribution in [2.75, 3.05) is 19.0 Å².